The molecule has 4 rings (SSSR count). The normalized spacial score (nSPS) is 33.3. The van der Waals surface area contributed by atoms with E-state index in [1.165, 1.54) is 70.6 Å². The SMILES string of the molecule is CC(=O)O.CCNCCCCCNCC(=O)O[C@H]1CC[C@@]2(C)C(=CC[C@H]3[C@@H]4CC[C@H]([C@H](C)CCCC(C)C)[C@@]4(C)CC[C@@H]32)C1. The van der Waals surface area contributed by atoms with Gasteiger partial charge in [0.1, 0.15) is 6.10 Å². The van der Waals surface area contributed by atoms with E-state index < -0.39 is 5.97 Å². The Bertz CT molecular complexity index is 930. The Morgan fingerprint density at radius 1 is 0.955 bits per heavy atom. The van der Waals surface area contributed by atoms with Crippen LogP contribution in [-0.4, -0.2) is 49.3 Å². The topological polar surface area (TPSA) is 87.7 Å². The van der Waals surface area contributed by atoms with Crippen LogP contribution in [0.25, 0.3) is 0 Å². The van der Waals surface area contributed by atoms with Gasteiger partial charge in [-0.05, 0) is 124 Å². The van der Waals surface area contributed by atoms with Crippen molar-refractivity contribution in [2.24, 2.45) is 46.3 Å². The first kappa shape index (κ1) is 37.1. The summed E-state index contributed by atoms with van der Waals surface area (Å²) in [6.07, 6.45) is 20.6. The van der Waals surface area contributed by atoms with Gasteiger partial charge in [0, 0.05) is 13.3 Å². The van der Waals surface area contributed by atoms with Crippen molar-refractivity contribution in [3.63, 3.8) is 0 Å². The Kier molecular flexibility index (Phi) is 14.7. The van der Waals surface area contributed by atoms with Crippen molar-refractivity contribution in [3.8, 4) is 0 Å². The van der Waals surface area contributed by atoms with Gasteiger partial charge in [0.2, 0.25) is 0 Å². The lowest BCUT2D eigenvalue weighted by Gasteiger charge is -2.58. The Labute approximate surface area is 270 Å². The smallest absolute Gasteiger partial charge is 0.320 e. The molecule has 0 spiro atoms. The largest absolute Gasteiger partial charge is 0.481 e. The molecule has 8 atom stereocenters. The quantitative estimate of drug-likeness (QED) is 0.0973. The number of hydrogen-bond donors (Lipinski definition) is 3. The molecule has 0 aromatic rings. The number of carbonyl (C=O) groups excluding carboxylic acids is 1. The summed E-state index contributed by atoms with van der Waals surface area (Å²) in [7, 11) is 0. The number of fused-ring (bicyclic) bond motifs is 5. The van der Waals surface area contributed by atoms with Crippen molar-refractivity contribution in [1.29, 1.82) is 0 Å². The number of ether oxygens (including phenoxy) is 1. The molecule has 254 valence electrons. The Hall–Kier alpha value is -1.40. The lowest BCUT2D eigenvalue weighted by Crippen LogP contribution is -2.51. The molecule has 0 aromatic heterocycles. The fourth-order valence-corrected chi connectivity index (χ4v) is 10.0. The van der Waals surface area contributed by atoms with Crippen molar-refractivity contribution in [2.75, 3.05) is 26.2 Å². The number of carboxylic acids is 1. The Morgan fingerprint density at radius 3 is 2.34 bits per heavy atom. The van der Waals surface area contributed by atoms with Crippen LogP contribution in [-0.2, 0) is 14.3 Å². The van der Waals surface area contributed by atoms with Crippen LogP contribution in [0, 0.1) is 46.3 Å². The van der Waals surface area contributed by atoms with E-state index in [-0.39, 0.29) is 12.1 Å². The van der Waals surface area contributed by atoms with Crippen LogP contribution in [0.4, 0.5) is 0 Å². The van der Waals surface area contributed by atoms with Crippen molar-refractivity contribution in [1.82, 2.24) is 10.6 Å². The van der Waals surface area contributed by atoms with Crippen LogP contribution in [0.1, 0.15) is 138 Å². The van der Waals surface area contributed by atoms with E-state index in [0.29, 0.717) is 17.4 Å². The zero-order chi connectivity index (χ0) is 32.3. The summed E-state index contributed by atoms with van der Waals surface area (Å²) < 4.78 is 6.00. The molecule has 4 aliphatic rings. The number of rotatable bonds is 15. The predicted molar refractivity (Wildman–Crippen MR) is 182 cm³/mol. The van der Waals surface area contributed by atoms with Gasteiger partial charge in [-0.15, -0.1) is 0 Å². The number of aliphatic carboxylic acids is 1. The number of esters is 1. The highest BCUT2D eigenvalue weighted by molar-refractivity contribution is 5.71. The van der Waals surface area contributed by atoms with E-state index >= 15 is 0 Å². The minimum absolute atomic E-state index is 0.0662. The number of hydrogen-bond acceptors (Lipinski definition) is 5. The van der Waals surface area contributed by atoms with Gasteiger partial charge in [0.25, 0.3) is 5.97 Å². The zero-order valence-electron chi connectivity index (χ0n) is 29.5. The van der Waals surface area contributed by atoms with Crippen LogP contribution in [0.5, 0.6) is 0 Å². The molecule has 4 aliphatic carbocycles. The molecule has 0 heterocycles. The number of unbranched alkanes of at least 4 members (excludes halogenated alkanes) is 2. The van der Waals surface area contributed by atoms with Crippen LogP contribution in [0.3, 0.4) is 0 Å². The first-order chi connectivity index (χ1) is 20.9. The van der Waals surface area contributed by atoms with Crippen LogP contribution in [0.2, 0.25) is 0 Å². The van der Waals surface area contributed by atoms with Crippen molar-refractivity contribution in [2.45, 2.75) is 144 Å². The molecule has 0 bridgehead atoms. The fourth-order valence-electron chi connectivity index (χ4n) is 10.0. The summed E-state index contributed by atoms with van der Waals surface area (Å²) >= 11 is 0. The van der Waals surface area contributed by atoms with E-state index in [4.69, 9.17) is 14.6 Å². The maximum absolute atomic E-state index is 12.6. The summed E-state index contributed by atoms with van der Waals surface area (Å²) in [4.78, 5) is 21.6. The van der Waals surface area contributed by atoms with Gasteiger partial charge in [-0.25, -0.2) is 0 Å². The van der Waals surface area contributed by atoms with E-state index in [1.54, 1.807) is 5.57 Å². The first-order valence-corrected chi connectivity index (χ1v) is 18.4. The monoisotopic (exact) mass is 617 g/mol. The van der Waals surface area contributed by atoms with Gasteiger partial charge in [-0.1, -0.05) is 78.9 Å². The summed E-state index contributed by atoms with van der Waals surface area (Å²) in [5.41, 5.74) is 2.48. The second-order valence-corrected chi connectivity index (χ2v) is 15.8. The Balaban J connectivity index is 0.00000124. The molecule has 3 N–H and O–H groups in total. The van der Waals surface area contributed by atoms with Gasteiger partial charge in [-0.2, -0.15) is 0 Å². The summed E-state index contributed by atoms with van der Waals surface area (Å²) in [6, 6.07) is 0. The average molecular weight is 617 g/mol. The molecule has 6 nitrogen and oxygen atoms in total. The van der Waals surface area contributed by atoms with Gasteiger partial charge >= 0.3 is 5.97 Å². The second-order valence-electron chi connectivity index (χ2n) is 15.8. The number of nitrogens with one attached hydrogen (secondary N) is 2. The Morgan fingerprint density at radius 2 is 1.66 bits per heavy atom. The molecule has 0 saturated heterocycles. The second kappa shape index (κ2) is 17.5. The molecule has 0 unspecified atom stereocenters. The minimum Gasteiger partial charge on any atom is -0.481 e. The van der Waals surface area contributed by atoms with Crippen LogP contribution >= 0.6 is 0 Å². The highest BCUT2D eigenvalue weighted by Crippen LogP contribution is 2.67. The molecule has 0 amide bonds. The number of carboxylic acid groups (broad SMARTS) is 1. The molecule has 0 aromatic carbocycles. The third-order valence-electron chi connectivity index (χ3n) is 12.3. The van der Waals surface area contributed by atoms with Gasteiger partial charge < -0.3 is 20.5 Å². The molecule has 0 aliphatic heterocycles. The van der Waals surface area contributed by atoms with Crippen LogP contribution < -0.4 is 10.6 Å². The van der Waals surface area contributed by atoms with Gasteiger partial charge in [0.05, 0.1) is 6.54 Å². The molecule has 3 saturated carbocycles. The van der Waals surface area contributed by atoms with Gasteiger partial charge in [-0.3, -0.25) is 9.59 Å². The van der Waals surface area contributed by atoms with E-state index in [1.807, 2.05) is 0 Å². The minimum atomic E-state index is -0.833. The number of carbonyl (C=O) groups is 2. The molecule has 6 heteroatoms. The fraction of sp³-hybridized carbons (Fsp3) is 0.895. The van der Waals surface area contributed by atoms with E-state index in [0.717, 1.165) is 81.3 Å². The number of allylic oxidation sites excluding steroid dienone is 1. The lowest BCUT2D eigenvalue weighted by molar-refractivity contribution is -0.150. The molecule has 3 fully saturated rings. The average Bonchev–Trinajstić information content (AvgIpc) is 3.31. The molecular weight excluding hydrogens is 548 g/mol. The maximum Gasteiger partial charge on any atom is 0.320 e. The lowest BCUT2D eigenvalue weighted by atomic mass is 9.47. The zero-order valence-corrected chi connectivity index (χ0v) is 29.5. The predicted octanol–water partition coefficient (Wildman–Crippen LogP) is 8.40. The molecule has 44 heavy (non-hydrogen) atoms. The third-order valence-corrected chi connectivity index (χ3v) is 12.3. The van der Waals surface area contributed by atoms with Gasteiger partial charge in [0.15, 0.2) is 0 Å². The van der Waals surface area contributed by atoms with Crippen molar-refractivity contribution < 1.29 is 19.4 Å². The molecular formula is C38H68N2O4. The highest BCUT2D eigenvalue weighted by atomic mass is 16.5. The standard InChI is InChI=1S/C36H64N2O2.C2H4O2/c1-7-37-22-9-8-10-23-38-25-34(39)40-29-18-20-35(5)28(24-29)14-15-30-32-17-16-31(27(4)13-11-12-26(2)3)36(32,6)21-19-33(30)35;1-2(3)4/h14,26-27,29-33,37-38H,7-13,15-25H2,1-6H3;1H3,(H,3,4)/t27-,29+,30+,31-,32+,33+,35+,36-;/m1./s1. The maximum atomic E-state index is 12.6. The van der Waals surface area contributed by atoms with Crippen molar-refractivity contribution in [3.05, 3.63) is 11.6 Å². The summed E-state index contributed by atoms with van der Waals surface area (Å²) in [6.45, 7) is 19.2. The highest BCUT2D eigenvalue weighted by Gasteiger charge is 2.59. The van der Waals surface area contributed by atoms with Crippen molar-refractivity contribution >= 4 is 11.9 Å². The van der Waals surface area contributed by atoms with E-state index in [9.17, 15) is 4.79 Å². The summed E-state index contributed by atoms with van der Waals surface area (Å²) in [5, 5.41) is 14.1. The summed E-state index contributed by atoms with van der Waals surface area (Å²) in [5.74, 6) is 4.32. The van der Waals surface area contributed by atoms with E-state index in [2.05, 4.69) is 58.3 Å². The third kappa shape index (κ3) is 9.80. The first-order valence-electron chi connectivity index (χ1n) is 18.4. The molecule has 0 radical (unpaired) electrons. The van der Waals surface area contributed by atoms with Crippen LogP contribution in [0.15, 0.2) is 11.6 Å².